The number of guanidine groups is 1. The number of amides is 1. The first-order valence-electron chi connectivity index (χ1n) is 11.9. The summed E-state index contributed by atoms with van der Waals surface area (Å²) in [4.78, 5) is 21.0. The molecule has 0 aromatic heterocycles. The zero-order valence-electron chi connectivity index (χ0n) is 19.6. The molecule has 2 aliphatic rings. The summed E-state index contributed by atoms with van der Waals surface area (Å²) in [5.41, 5.74) is 4.75. The maximum Gasteiger partial charge on any atom is 0.227 e. The van der Waals surface area contributed by atoms with E-state index < -0.39 is 0 Å². The summed E-state index contributed by atoms with van der Waals surface area (Å²) in [6.07, 6.45) is 4.27. The summed E-state index contributed by atoms with van der Waals surface area (Å²) in [5.74, 6) is 1.03. The van der Waals surface area contributed by atoms with E-state index in [-0.39, 0.29) is 29.9 Å². The van der Waals surface area contributed by atoms with Crippen LogP contribution in [0.5, 0.6) is 0 Å². The molecule has 0 aliphatic carbocycles. The molecule has 0 unspecified atom stereocenters. The summed E-state index contributed by atoms with van der Waals surface area (Å²) in [6.45, 7) is 8.56. The normalized spacial score (nSPS) is 16.7. The van der Waals surface area contributed by atoms with Crippen LogP contribution in [0.2, 0.25) is 0 Å². The van der Waals surface area contributed by atoms with Crippen molar-refractivity contribution in [3.8, 4) is 0 Å². The van der Waals surface area contributed by atoms with Gasteiger partial charge in [0, 0.05) is 38.3 Å². The molecule has 2 aromatic rings. The van der Waals surface area contributed by atoms with Crippen molar-refractivity contribution in [1.82, 2.24) is 15.5 Å². The standard InChI is InChI=1S/C26H35N5O.HI/c1-2-27-26(28-18-21-7-9-23(10-8-21)20-30-15-3-4-16-30)29-19-22-11-13-24(14-12-22)31-17-5-6-25(31)32;/h7-14H,2-6,15-20H2,1H3,(H2,27,28,29);1H. The van der Waals surface area contributed by atoms with E-state index in [1.807, 2.05) is 17.0 Å². The van der Waals surface area contributed by atoms with Gasteiger partial charge in [0.1, 0.15) is 0 Å². The molecule has 1 amide bonds. The molecule has 0 atom stereocenters. The number of nitrogens with zero attached hydrogens (tertiary/aromatic N) is 3. The molecular weight excluding hydrogens is 525 g/mol. The fourth-order valence-corrected chi connectivity index (χ4v) is 4.36. The average molecular weight is 562 g/mol. The Morgan fingerprint density at radius 1 is 0.879 bits per heavy atom. The number of hydrogen-bond donors (Lipinski definition) is 2. The highest BCUT2D eigenvalue weighted by molar-refractivity contribution is 14.0. The molecule has 2 fully saturated rings. The molecule has 2 aromatic carbocycles. The number of benzene rings is 2. The van der Waals surface area contributed by atoms with Gasteiger partial charge >= 0.3 is 0 Å². The van der Waals surface area contributed by atoms with Crippen LogP contribution in [0.1, 0.15) is 49.3 Å². The summed E-state index contributed by atoms with van der Waals surface area (Å²) >= 11 is 0. The van der Waals surface area contributed by atoms with Crippen LogP contribution >= 0.6 is 24.0 Å². The molecule has 6 nitrogen and oxygen atoms in total. The first-order chi connectivity index (χ1) is 15.7. The topological polar surface area (TPSA) is 60.0 Å². The molecule has 33 heavy (non-hydrogen) atoms. The van der Waals surface area contributed by atoms with E-state index in [9.17, 15) is 4.79 Å². The van der Waals surface area contributed by atoms with E-state index in [4.69, 9.17) is 4.99 Å². The van der Waals surface area contributed by atoms with Gasteiger partial charge in [-0.3, -0.25) is 9.69 Å². The Labute approximate surface area is 214 Å². The number of nitrogens with one attached hydrogen (secondary N) is 2. The first-order valence-corrected chi connectivity index (χ1v) is 11.9. The lowest BCUT2D eigenvalue weighted by Gasteiger charge is -2.16. The van der Waals surface area contributed by atoms with Crippen LogP contribution in [0.15, 0.2) is 53.5 Å². The van der Waals surface area contributed by atoms with Crippen LogP contribution in [0.4, 0.5) is 5.69 Å². The molecule has 178 valence electrons. The highest BCUT2D eigenvalue weighted by Gasteiger charge is 2.21. The molecule has 7 heteroatoms. The molecule has 0 saturated carbocycles. The summed E-state index contributed by atoms with van der Waals surface area (Å²) in [5, 5.41) is 6.76. The monoisotopic (exact) mass is 561 g/mol. The number of halogens is 1. The summed E-state index contributed by atoms with van der Waals surface area (Å²) in [6, 6.07) is 17.1. The van der Waals surface area contributed by atoms with Gasteiger partial charge in [0.05, 0.1) is 6.54 Å². The Morgan fingerprint density at radius 3 is 2.18 bits per heavy atom. The van der Waals surface area contributed by atoms with E-state index in [2.05, 4.69) is 58.9 Å². The minimum atomic E-state index is 0. The van der Waals surface area contributed by atoms with Crippen molar-refractivity contribution in [2.24, 2.45) is 4.99 Å². The van der Waals surface area contributed by atoms with Crippen LogP contribution in [-0.2, 0) is 24.4 Å². The molecular formula is C26H36IN5O. The number of likely N-dealkylation sites (tertiary alicyclic amines) is 1. The van der Waals surface area contributed by atoms with Crippen molar-refractivity contribution in [2.75, 3.05) is 31.1 Å². The predicted molar refractivity (Wildman–Crippen MR) is 146 cm³/mol. The largest absolute Gasteiger partial charge is 0.357 e. The second kappa shape index (κ2) is 12.9. The van der Waals surface area contributed by atoms with E-state index >= 15 is 0 Å². The molecule has 0 bridgehead atoms. The van der Waals surface area contributed by atoms with Gasteiger partial charge in [-0.15, -0.1) is 24.0 Å². The maximum atomic E-state index is 11.9. The number of anilines is 1. The van der Waals surface area contributed by atoms with Gasteiger partial charge in [0.15, 0.2) is 5.96 Å². The lowest BCUT2D eigenvalue weighted by Crippen LogP contribution is -2.36. The van der Waals surface area contributed by atoms with Crippen LogP contribution in [-0.4, -0.2) is 42.9 Å². The lowest BCUT2D eigenvalue weighted by atomic mass is 10.1. The van der Waals surface area contributed by atoms with E-state index in [0.29, 0.717) is 13.0 Å². The third-order valence-electron chi connectivity index (χ3n) is 6.17. The fraction of sp³-hybridized carbons (Fsp3) is 0.462. The zero-order valence-corrected chi connectivity index (χ0v) is 21.9. The van der Waals surface area contributed by atoms with Crippen molar-refractivity contribution < 1.29 is 4.79 Å². The van der Waals surface area contributed by atoms with Gasteiger partial charge in [-0.2, -0.15) is 0 Å². The molecule has 0 spiro atoms. The van der Waals surface area contributed by atoms with Gasteiger partial charge in [-0.25, -0.2) is 4.99 Å². The van der Waals surface area contributed by atoms with Gasteiger partial charge in [-0.05, 0) is 68.1 Å². The second-order valence-corrected chi connectivity index (χ2v) is 8.66. The Bertz CT molecular complexity index is 907. The molecule has 4 rings (SSSR count). The first kappa shape index (κ1) is 25.5. The second-order valence-electron chi connectivity index (χ2n) is 8.66. The SMILES string of the molecule is CCNC(=NCc1ccc(N2CCCC2=O)cc1)NCc1ccc(CN2CCCC2)cc1.I. The maximum absolute atomic E-state index is 11.9. The minimum absolute atomic E-state index is 0. The van der Waals surface area contributed by atoms with Crippen molar-refractivity contribution in [1.29, 1.82) is 0 Å². The van der Waals surface area contributed by atoms with Gasteiger partial charge in [0.2, 0.25) is 5.91 Å². The smallest absolute Gasteiger partial charge is 0.227 e. The number of hydrogen-bond acceptors (Lipinski definition) is 3. The Morgan fingerprint density at radius 2 is 1.55 bits per heavy atom. The number of carbonyl (C=O) groups is 1. The van der Waals surface area contributed by atoms with Crippen LogP contribution in [0, 0.1) is 0 Å². The lowest BCUT2D eigenvalue weighted by molar-refractivity contribution is -0.117. The third kappa shape index (κ3) is 7.43. The summed E-state index contributed by atoms with van der Waals surface area (Å²) < 4.78 is 0. The fourth-order valence-electron chi connectivity index (χ4n) is 4.36. The quantitative estimate of drug-likeness (QED) is 0.287. The minimum Gasteiger partial charge on any atom is -0.357 e. The van der Waals surface area contributed by atoms with Crippen LogP contribution in [0.3, 0.4) is 0 Å². The number of rotatable bonds is 8. The number of aliphatic imine (C=N–C) groups is 1. The number of carbonyl (C=O) groups excluding carboxylic acids is 1. The third-order valence-corrected chi connectivity index (χ3v) is 6.17. The van der Waals surface area contributed by atoms with Crippen molar-refractivity contribution in [3.63, 3.8) is 0 Å². The van der Waals surface area contributed by atoms with E-state index in [1.54, 1.807) is 0 Å². The molecule has 2 N–H and O–H groups in total. The zero-order chi connectivity index (χ0) is 22.2. The average Bonchev–Trinajstić information content (AvgIpc) is 3.49. The Hall–Kier alpha value is -2.13. The summed E-state index contributed by atoms with van der Waals surface area (Å²) in [7, 11) is 0. The molecule has 2 aliphatic heterocycles. The van der Waals surface area contributed by atoms with E-state index in [0.717, 1.165) is 49.8 Å². The van der Waals surface area contributed by atoms with Gasteiger partial charge in [-0.1, -0.05) is 36.4 Å². The van der Waals surface area contributed by atoms with Crippen molar-refractivity contribution >= 4 is 41.5 Å². The van der Waals surface area contributed by atoms with E-state index in [1.165, 1.54) is 37.1 Å². The van der Waals surface area contributed by atoms with Crippen LogP contribution in [0.25, 0.3) is 0 Å². The highest BCUT2D eigenvalue weighted by atomic mass is 127. The van der Waals surface area contributed by atoms with Crippen LogP contribution < -0.4 is 15.5 Å². The van der Waals surface area contributed by atoms with Crippen molar-refractivity contribution in [3.05, 3.63) is 65.2 Å². The van der Waals surface area contributed by atoms with Gasteiger partial charge in [0.25, 0.3) is 0 Å². The van der Waals surface area contributed by atoms with Crippen molar-refractivity contribution in [2.45, 2.75) is 52.2 Å². The molecule has 2 heterocycles. The Kier molecular flexibility index (Phi) is 9.99. The molecule has 2 saturated heterocycles. The Balaban J connectivity index is 0.00000306. The predicted octanol–water partition coefficient (Wildman–Crippen LogP) is 4.28. The van der Waals surface area contributed by atoms with Gasteiger partial charge < -0.3 is 15.5 Å². The highest BCUT2D eigenvalue weighted by Crippen LogP contribution is 2.21. The molecule has 0 radical (unpaired) electrons.